The van der Waals surface area contributed by atoms with Crippen molar-refractivity contribution in [3.63, 3.8) is 0 Å². The topological polar surface area (TPSA) is 82.0 Å². The van der Waals surface area contributed by atoms with Gasteiger partial charge in [0.25, 0.3) is 16.1 Å². The number of benzene rings is 1. The maximum atomic E-state index is 13.4. The van der Waals surface area contributed by atoms with Gasteiger partial charge in [-0.25, -0.2) is 9.07 Å². The summed E-state index contributed by atoms with van der Waals surface area (Å²) in [6, 6.07) is 6.11. The summed E-state index contributed by atoms with van der Waals surface area (Å²) >= 11 is 0. The number of piperazine rings is 2. The van der Waals surface area contributed by atoms with E-state index in [1.54, 1.807) is 26.0 Å². The van der Waals surface area contributed by atoms with Crippen LogP contribution in [0.2, 0.25) is 0 Å². The molecule has 3 aliphatic rings. The molecule has 9 nitrogen and oxygen atoms in total. The first-order valence-corrected chi connectivity index (χ1v) is 12.8. The standard InChI is InChI=1S/C22H29FN6O3S/c1-25-9-13-27(14-10-25)33(31,32)28-15-11-26(12-16-28)22(30)21-19-3-2-4-20(19)29(24-21)18-7-5-17(23)6-8-18/h5-8H,2-4,9-16H2,1H3. The molecular weight excluding hydrogens is 447 g/mol. The Morgan fingerprint density at radius 1 is 0.909 bits per heavy atom. The van der Waals surface area contributed by atoms with Crippen LogP contribution in [0.4, 0.5) is 4.39 Å². The number of halogens is 1. The lowest BCUT2D eigenvalue weighted by atomic mass is 10.1. The van der Waals surface area contributed by atoms with Crippen LogP contribution in [-0.2, 0) is 23.1 Å². The summed E-state index contributed by atoms with van der Waals surface area (Å²) in [5, 5.41) is 4.61. The number of hydrogen-bond acceptors (Lipinski definition) is 5. The molecular formula is C22H29FN6O3S. The lowest BCUT2D eigenvalue weighted by Gasteiger charge is -2.39. The predicted molar refractivity (Wildman–Crippen MR) is 121 cm³/mol. The van der Waals surface area contributed by atoms with Crippen LogP contribution in [0.15, 0.2) is 24.3 Å². The van der Waals surface area contributed by atoms with Gasteiger partial charge < -0.3 is 9.80 Å². The van der Waals surface area contributed by atoms with Crippen molar-refractivity contribution < 1.29 is 17.6 Å². The van der Waals surface area contributed by atoms with Crippen LogP contribution in [0.3, 0.4) is 0 Å². The van der Waals surface area contributed by atoms with Gasteiger partial charge in [-0.05, 0) is 50.6 Å². The maximum absolute atomic E-state index is 13.4. The molecule has 0 bridgehead atoms. The smallest absolute Gasteiger partial charge is 0.282 e. The monoisotopic (exact) mass is 476 g/mol. The second-order valence-corrected chi connectivity index (χ2v) is 10.8. The first-order valence-electron chi connectivity index (χ1n) is 11.4. The van der Waals surface area contributed by atoms with Crippen molar-refractivity contribution in [3.05, 3.63) is 47.0 Å². The SMILES string of the molecule is CN1CCN(S(=O)(=O)N2CCN(C(=O)c3nn(-c4ccc(F)cc4)c4c3CCC4)CC2)CC1. The van der Waals surface area contributed by atoms with Crippen LogP contribution in [0, 0.1) is 5.82 Å². The Morgan fingerprint density at radius 2 is 1.52 bits per heavy atom. The fraction of sp³-hybridized carbons (Fsp3) is 0.545. The molecule has 1 aromatic heterocycles. The average molecular weight is 477 g/mol. The molecule has 178 valence electrons. The Labute approximate surface area is 193 Å². The molecule has 5 rings (SSSR count). The highest BCUT2D eigenvalue weighted by Gasteiger charge is 2.36. The van der Waals surface area contributed by atoms with Crippen molar-refractivity contribution >= 4 is 16.1 Å². The van der Waals surface area contributed by atoms with Gasteiger partial charge in [0, 0.05) is 63.6 Å². The van der Waals surface area contributed by atoms with E-state index in [9.17, 15) is 17.6 Å². The number of aromatic nitrogens is 2. The summed E-state index contributed by atoms with van der Waals surface area (Å²) < 4.78 is 44.2. The van der Waals surface area contributed by atoms with Crippen LogP contribution >= 0.6 is 0 Å². The van der Waals surface area contributed by atoms with Gasteiger partial charge in [0.2, 0.25) is 0 Å². The molecule has 3 heterocycles. The lowest BCUT2D eigenvalue weighted by Crippen LogP contribution is -2.57. The first kappa shape index (κ1) is 22.5. The minimum Gasteiger partial charge on any atom is -0.335 e. The van der Waals surface area contributed by atoms with E-state index in [-0.39, 0.29) is 24.8 Å². The summed E-state index contributed by atoms with van der Waals surface area (Å²) in [5.41, 5.74) is 3.12. The molecule has 0 radical (unpaired) electrons. The number of likely N-dealkylation sites (N-methyl/N-ethyl adjacent to an activating group) is 1. The minimum absolute atomic E-state index is 0.161. The second kappa shape index (κ2) is 8.79. The Morgan fingerprint density at radius 3 is 2.15 bits per heavy atom. The maximum Gasteiger partial charge on any atom is 0.282 e. The van der Waals surface area contributed by atoms with Crippen LogP contribution in [-0.4, -0.2) is 102 Å². The molecule has 33 heavy (non-hydrogen) atoms. The first-order chi connectivity index (χ1) is 15.8. The highest BCUT2D eigenvalue weighted by molar-refractivity contribution is 7.86. The minimum atomic E-state index is -3.52. The number of carbonyl (C=O) groups is 1. The lowest BCUT2D eigenvalue weighted by molar-refractivity contribution is 0.0684. The molecule has 2 aromatic rings. The number of carbonyl (C=O) groups excluding carboxylic acids is 1. The van der Waals surface area contributed by atoms with Gasteiger partial charge >= 0.3 is 0 Å². The van der Waals surface area contributed by atoms with E-state index in [1.165, 1.54) is 16.4 Å². The molecule has 1 aromatic carbocycles. The Balaban J connectivity index is 1.30. The van der Waals surface area contributed by atoms with Gasteiger partial charge in [-0.1, -0.05) is 0 Å². The summed E-state index contributed by atoms with van der Waals surface area (Å²) in [4.78, 5) is 17.2. The third-order valence-corrected chi connectivity index (χ3v) is 8.88. The van der Waals surface area contributed by atoms with E-state index in [2.05, 4.69) is 10.00 Å². The summed E-state index contributed by atoms with van der Waals surface area (Å²) in [5.74, 6) is -0.478. The third kappa shape index (κ3) is 4.18. The van der Waals surface area contributed by atoms with Gasteiger partial charge in [0.15, 0.2) is 5.69 Å². The molecule has 2 fully saturated rings. The van der Waals surface area contributed by atoms with E-state index in [1.807, 2.05) is 7.05 Å². The summed E-state index contributed by atoms with van der Waals surface area (Å²) in [6.45, 7) is 3.66. The Bertz CT molecular complexity index is 1130. The third-order valence-electron chi connectivity index (χ3n) is 6.84. The van der Waals surface area contributed by atoms with Crippen molar-refractivity contribution in [1.82, 2.24) is 28.2 Å². The zero-order valence-electron chi connectivity index (χ0n) is 18.8. The van der Waals surface area contributed by atoms with Crippen LogP contribution in [0.1, 0.15) is 28.2 Å². The number of hydrogen-bond donors (Lipinski definition) is 0. The largest absolute Gasteiger partial charge is 0.335 e. The van der Waals surface area contributed by atoms with Crippen molar-refractivity contribution in [1.29, 1.82) is 0 Å². The molecule has 2 saturated heterocycles. The molecule has 0 atom stereocenters. The van der Waals surface area contributed by atoms with Gasteiger partial charge in [-0.2, -0.15) is 22.1 Å². The molecule has 0 N–H and O–H groups in total. The zero-order valence-corrected chi connectivity index (χ0v) is 19.6. The van der Waals surface area contributed by atoms with Crippen molar-refractivity contribution in [2.45, 2.75) is 19.3 Å². The fourth-order valence-corrected chi connectivity index (χ4v) is 6.43. The summed E-state index contributed by atoms with van der Waals surface area (Å²) in [7, 11) is -1.53. The number of nitrogens with zero attached hydrogens (tertiary/aromatic N) is 6. The molecule has 0 unspecified atom stereocenters. The molecule has 1 amide bonds. The normalized spacial score (nSPS) is 20.8. The number of amides is 1. The average Bonchev–Trinajstić information content (AvgIpc) is 3.43. The quantitative estimate of drug-likeness (QED) is 0.651. The molecule has 0 saturated carbocycles. The Kier molecular flexibility index (Phi) is 5.98. The fourth-order valence-electron chi connectivity index (χ4n) is 4.86. The van der Waals surface area contributed by atoms with Crippen LogP contribution in [0.25, 0.3) is 5.69 Å². The number of rotatable bonds is 4. The van der Waals surface area contributed by atoms with Gasteiger partial charge in [0.05, 0.1) is 5.69 Å². The molecule has 1 aliphatic carbocycles. The van der Waals surface area contributed by atoms with Gasteiger partial charge in [-0.15, -0.1) is 0 Å². The van der Waals surface area contributed by atoms with Crippen molar-refractivity contribution in [2.24, 2.45) is 0 Å². The molecule has 0 spiro atoms. The van der Waals surface area contributed by atoms with Crippen molar-refractivity contribution in [2.75, 3.05) is 59.4 Å². The highest BCUT2D eigenvalue weighted by Crippen LogP contribution is 2.29. The number of fused-ring (bicyclic) bond motifs is 1. The van der Waals surface area contributed by atoms with Crippen LogP contribution < -0.4 is 0 Å². The molecule has 2 aliphatic heterocycles. The van der Waals surface area contributed by atoms with Crippen molar-refractivity contribution in [3.8, 4) is 5.69 Å². The highest BCUT2D eigenvalue weighted by atomic mass is 32.2. The van der Waals surface area contributed by atoms with Gasteiger partial charge in [-0.3, -0.25) is 4.79 Å². The van der Waals surface area contributed by atoms with E-state index >= 15 is 0 Å². The predicted octanol–water partition coefficient (Wildman–Crippen LogP) is 0.750. The van der Waals surface area contributed by atoms with Crippen LogP contribution in [0.5, 0.6) is 0 Å². The van der Waals surface area contributed by atoms with E-state index in [0.29, 0.717) is 31.9 Å². The van der Waals surface area contributed by atoms with Gasteiger partial charge in [0.1, 0.15) is 5.82 Å². The summed E-state index contributed by atoms with van der Waals surface area (Å²) in [6.07, 6.45) is 2.56. The van der Waals surface area contributed by atoms with E-state index < -0.39 is 10.2 Å². The van der Waals surface area contributed by atoms with E-state index in [0.717, 1.165) is 49.3 Å². The zero-order chi connectivity index (χ0) is 23.2. The molecule has 11 heteroatoms. The van der Waals surface area contributed by atoms with E-state index in [4.69, 9.17) is 0 Å². The second-order valence-electron chi connectivity index (χ2n) is 8.92. The Hall–Kier alpha value is -2.34.